The molecule has 0 saturated heterocycles. The van der Waals surface area contributed by atoms with Crippen molar-refractivity contribution < 1.29 is 19.4 Å². The minimum absolute atomic E-state index is 0.0618. The highest BCUT2D eigenvalue weighted by Crippen LogP contribution is 2.61. The van der Waals surface area contributed by atoms with E-state index in [2.05, 4.69) is 13.0 Å². The first-order valence-electron chi connectivity index (χ1n) is 9.43. The molecular weight excluding hydrogens is 316 g/mol. The van der Waals surface area contributed by atoms with E-state index in [-0.39, 0.29) is 17.5 Å². The van der Waals surface area contributed by atoms with Gasteiger partial charge in [-0.2, -0.15) is 0 Å². The Kier molecular flexibility index (Phi) is 3.89. The number of benzene rings is 1. The molecule has 134 valence electrons. The van der Waals surface area contributed by atoms with Gasteiger partial charge in [-0.1, -0.05) is 13.0 Å². The average Bonchev–Trinajstić information content (AvgIpc) is 2.90. The Balaban J connectivity index is 1.62. The zero-order chi connectivity index (χ0) is 17.8. The maximum Gasteiger partial charge on any atom is 0.335 e. The fourth-order valence-electron chi connectivity index (χ4n) is 6.06. The lowest BCUT2D eigenvalue weighted by Crippen LogP contribution is -2.45. The van der Waals surface area contributed by atoms with Gasteiger partial charge in [0.15, 0.2) is 0 Å². The largest absolute Gasteiger partial charge is 0.478 e. The summed E-state index contributed by atoms with van der Waals surface area (Å²) in [7, 11) is 0. The zero-order valence-corrected chi connectivity index (χ0v) is 15.0. The number of aromatic carboxylic acids is 1. The number of carbonyl (C=O) groups is 2. The van der Waals surface area contributed by atoms with Crippen LogP contribution in [0.15, 0.2) is 18.2 Å². The van der Waals surface area contributed by atoms with Gasteiger partial charge in [-0.3, -0.25) is 4.79 Å². The Labute approximate surface area is 148 Å². The summed E-state index contributed by atoms with van der Waals surface area (Å²) in [5.74, 6) is 0.747. The highest BCUT2D eigenvalue weighted by molar-refractivity contribution is 5.88. The molecule has 0 bridgehead atoms. The number of fused-ring (bicyclic) bond motifs is 5. The SMILES string of the molecule is CC(=O)OC1CCC2C3CCc4cc(C(=O)O)ccc4C3CCC12C. The van der Waals surface area contributed by atoms with Crippen LogP contribution in [0.2, 0.25) is 0 Å². The molecule has 4 heteroatoms. The van der Waals surface area contributed by atoms with E-state index in [0.717, 1.165) is 38.5 Å². The van der Waals surface area contributed by atoms with Gasteiger partial charge in [0.2, 0.25) is 0 Å². The smallest absolute Gasteiger partial charge is 0.335 e. The Hall–Kier alpha value is -1.84. The first kappa shape index (κ1) is 16.6. The second-order valence-corrected chi connectivity index (χ2v) is 8.35. The van der Waals surface area contributed by atoms with E-state index >= 15 is 0 Å². The van der Waals surface area contributed by atoms with Crippen LogP contribution in [0.1, 0.15) is 73.4 Å². The number of esters is 1. The van der Waals surface area contributed by atoms with Gasteiger partial charge in [-0.15, -0.1) is 0 Å². The molecule has 5 atom stereocenters. The van der Waals surface area contributed by atoms with E-state index in [1.807, 2.05) is 6.07 Å². The molecule has 5 unspecified atom stereocenters. The van der Waals surface area contributed by atoms with Crippen molar-refractivity contribution in [3.05, 3.63) is 34.9 Å². The summed E-state index contributed by atoms with van der Waals surface area (Å²) in [5, 5.41) is 9.24. The normalized spacial score (nSPS) is 36.1. The van der Waals surface area contributed by atoms with Crippen molar-refractivity contribution in [3.8, 4) is 0 Å². The minimum atomic E-state index is -0.846. The molecule has 3 aliphatic rings. The summed E-state index contributed by atoms with van der Waals surface area (Å²) in [6.45, 7) is 3.83. The summed E-state index contributed by atoms with van der Waals surface area (Å²) in [6.07, 6.45) is 6.45. The summed E-state index contributed by atoms with van der Waals surface area (Å²) in [4.78, 5) is 22.7. The third-order valence-corrected chi connectivity index (χ3v) is 7.19. The first-order chi connectivity index (χ1) is 11.9. The van der Waals surface area contributed by atoms with Crippen molar-refractivity contribution in [2.45, 2.75) is 64.4 Å². The summed E-state index contributed by atoms with van der Waals surface area (Å²) < 4.78 is 5.67. The summed E-state index contributed by atoms with van der Waals surface area (Å²) >= 11 is 0. The number of ether oxygens (including phenoxy) is 1. The quantitative estimate of drug-likeness (QED) is 0.819. The molecule has 0 spiro atoms. The van der Waals surface area contributed by atoms with Crippen molar-refractivity contribution in [3.63, 3.8) is 0 Å². The van der Waals surface area contributed by atoms with E-state index in [0.29, 0.717) is 23.3 Å². The van der Waals surface area contributed by atoms with E-state index in [1.54, 1.807) is 6.07 Å². The van der Waals surface area contributed by atoms with Crippen molar-refractivity contribution in [2.75, 3.05) is 0 Å². The number of hydrogen-bond donors (Lipinski definition) is 1. The topological polar surface area (TPSA) is 63.6 Å². The van der Waals surface area contributed by atoms with Gasteiger partial charge in [0.1, 0.15) is 6.10 Å². The number of carboxylic acids is 1. The molecule has 2 fully saturated rings. The van der Waals surface area contributed by atoms with Crippen LogP contribution in [0, 0.1) is 17.3 Å². The van der Waals surface area contributed by atoms with Crippen LogP contribution in [0.5, 0.6) is 0 Å². The number of carbonyl (C=O) groups excluding carboxylic acids is 1. The maximum absolute atomic E-state index is 11.5. The highest BCUT2D eigenvalue weighted by atomic mass is 16.5. The van der Waals surface area contributed by atoms with Gasteiger partial charge in [0, 0.05) is 12.3 Å². The van der Waals surface area contributed by atoms with E-state index in [1.165, 1.54) is 18.1 Å². The molecule has 1 N–H and O–H groups in total. The fraction of sp³-hybridized carbons (Fsp3) is 0.619. The number of carboxylic acid groups (broad SMARTS) is 1. The number of rotatable bonds is 2. The zero-order valence-electron chi connectivity index (χ0n) is 15.0. The van der Waals surface area contributed by atoms with Crippen molar-refractivity contribution in [2.24, 2.45) is 17.3 Å². The Morgan fingerprint density at radius 3 is 2.72 bits per heavy atom. The molecule has 3 aliphatic carbocycles. The molecule has 1 aromatic rings. The Morgan fingerprint density at radius 1 is 1.20 bits per heavy atom. The van der Waals surface area contributed by atoms with Gasteiger partial charge in [0.05, 0.1) is 5.56 Å². The highest BCUT2D eigenvalue weighted by Gasteiger charge is 2.56. The Bertz CT molecular complexity index is 725. The van der Waals surface area contributed by atoms with Crippen LogP contribution in [0.25, 0.3) is 0 Å². The lowest BCUT2D eigenvalue weighted by molar-refractivity contribution is -0.154. The van der Waals surface area contributed by atoms with Crippen molar-refractivity contribution in [1.82, 2.24) is 0 Å². The molecule has 0 amide bonds. The molecule has 0 heterocycles. The summed E-state index contributed by atoms with van der Waals surface area (Å²) in [6, 6.07) is 5.68. The molecule has 0 aliphatic heterocycles. The van der Waals surface area contributed by atoms with Crippen LogP contribution in [0.4, 0.5) is 0 Å². The molecular formula is C21H26O4. The molecule has 2 saturated carbocycles. The van der Waals surface area contributed by atoms with Gasteiger partial charge in [0.25, 0.3) is 0 Å². The molecule has 4 rings (SSSR count). The van der Waals surface area contributed by atoms with Gasteiger partial charge in [-0.25, -0.2) is 4.79 Å². The van der Waals surface area contributed by atoms with Crippen LogP contribution >= 0.6 is 0 Å². The Morgan fingerprint density at radius 2 is 2.00 bits per heavy atom. The summed E-state index contributed by atoms with van der Waals surface area (Å²) in [5.41, 5.74) is 3.08. The van der Waals surface area contributed by atoms with E-state index in [9.17, 15) is 14.7 Å². The van der Waals surface area contributed by atoms with Crippen molar-refractivity contribution >= 4 is 11.9 Å². The standard InChI is InChI=1S/C21H26O4/c1-12(22)25-19-8-7-18-17-6-3-13-11-14(20(23)24)4-5-15(13)16(17)9-10-21(18,19)2/h4-5,11,16-19H,3,6-10H2,1-2H3,(H,23,24). The molecule has 0 radical (unpaired) electrons. The van der Waals surface area contributed by atoms with Gasteiger partial charge < -0.3 is 9.84 Å². The average molecular weight is 342 g/mol. The van der Waals surface area contributed by atoms with E-state index < -0.39 is 5.97 Å². The lowest BCUT2D eigenvalue weighted by atomic mass is 9.55. The molecule has 25 heavy (non-hydrogen) atoms. The van der Waals surface area contributed by atoms with Crippen LogP contribution < -0.4 is 0 Å². The maximum atomic E-state index is 11.5. The second kappa shape index (κ2) is 5.86. The van der Waals surface area contributed by atoms with Crippen molar-refractivity contribution in [1.29, 1.82) is 0 Å². The lowest BCUT2D eigenvalue weighted by Gasteiger charge is -2.50. The minimum Gasteiger partial charge on any atom is -0.478 e. The first-order valence-corrected chi connectivity index (χ1v) is 9.43. The van der Waals surface area contributed by atoms with Crippen LogP contribution in [-0.2, 0) is 16.0 Å². The van der Waals surface area contributed by atoms with Crippen LogP contribution in [-0.4, -0.2) is 23.1 Å². The second-order valence-electron chi connectivity index (χ2n) is 8.35. The molecule has 0 aromatic heterocycles. The monoisotopic (exact) mass is 342 g/mol. The van der Waals surface area contributed by atoms with Gasteiger partial charge in [-0.05, 0) is 79.5 Å². The predicted molar refractivity (Wildman–Crippen MR) is 93.6 cm³/mol. The third-order valence-electron chi connectivity index (χ3n) is 7.19. The predicted octanol–water partition coefficient (Wildman–Crippen LogP) is 4.17. The number of hydrogen-bond acceptors (Lipinski definition) is 3. The fourth-order valence-corrected chi connectivity index (χ4v) is 6.06. The van der Waals surface area contributed by atoms with Crippen LogP contribution in [0.3, 0.4) is 0 Å². The third kappa shape index (κ3) is 2.57. The molecule has 4 nitrogen and oxygen atoms in total. The van der Waals surface area contributed by atoms with E-state index in [4.69, 9.17) is 4.74 Å². The molecule has 1 aromatic carbocycles. The van der Waals surface area contributed by atoms with Gasteiger partial charge >= 0.3 is 11.9 Å². The number of aryl methyl sites for hydroxylation is 1.